The van der Waals surface area contributed by atoms with Gasteiger partial charge in [0.15, 0.2) is 0 Å². The Labute approximate surface area is 166 Å². The monoisotopic (exact) mass is 390 g/mol. The van der Waals surface area contributed by atoms with Gasteiger partial charge in [0.1, 0.15) is 0 Å². The van der Waals surface area contributed by atoms with E-state index >= 15 is 0 Å². The normalized spacial score (nSPS) is 12.6. The van der Waals surface area contributed by atoms with Gasteiger partial charge in [0, 0.05) is 0 Å². The molecule has 0 bridgehead atoms. The zero-order chi connectivity index (χ0) is 22.0. The van der Waals surface area contributed by atoms with Gasteiger partial charge < -0.3 is 20.4 Å². The maximum absolute atomic E-state index is 10.2. The van der Waals surface area contributed by atoms with Crippen molar-refractivity contribution in [3.05, 3.63) is 71.8 Å². The van der Waals surface area contributed by atoms with Gasteiger partial charge in [-0.3, -0.25) is 0 Å². The van der Waals surface area contributed by atoms with Crippen molar-refractivity contribution in [3.63, 3.8) is 0 Å². The van der Waals surface area contributed by atoms with E-state index in [2.05, 4.69) is 0 Å². The Morgan fingerprint density at radius 3 is 1.11 bits per heavy atom. The molecule has 6 heteroatoms. The van der Waals surface area contributed by atoms with Crippen LogP contribution in [0.2, 0.25) is 0 Å². The second kappa shape index (κ2) is 11.2. The fraction of sp³-hybridized carbons (Fsp3) is 0.364. The Kier molecular flexibility index (Phi) is 10.1. The van der Waals surface area contributed by atoms with Gasteiger partial charge >= 0.3 is 11.9 Å². The Bertz CT molecular complexity index is 666. The summed E-state index contributed by atoms with van der Waals surface area (Å²) in [6, 6.07) is 16.6. The van der Waals surface area contributed by atoms with Crippen LogP contribution in [0.5, 0.6) is 0 Å². The van der Waals surface area contributed by atoms with Gasteiger partial charge in [-0.1, -0.05) is 50.2 Å². The summed E-state index contributed by atoms with van der Waals surface area (Å²) in [7, 11) is 0. The van der Waals surface area contributed by atoms with Gasteiger partial charge in [0.25, 0.3) is 0 Å². The summed E-state index contributed by atoms with van der Waals surface area (Å²) in [5.74, 6) is -1.70. The van der Waals surface area contributed by atoms with Crippen molar-refractivity contribution in [1.82, 2.24) is 0 Å². The van der Waals surface area contributed by atoms with Crippen LogP contribution in [0.25, 0.3) is 0 Å². The fourth-order valence-electron chi connectivity index (χ4n) is 1.87. The van der Waals surface area contributed by atoms with E-state index in [1.54, 1.807) is 81.4 Å². The first-order chi connectivity index (χ1) is 12.8. The Hall–Kier alpha value is -2.70. The number of carboxylic acid groups (broad SMARTS) is 2. The standard InChI is InChI=1S/C8H18O2.2C7H6O2/c1-6(2)8(5,10)7(3,4)9;2*8-7(9)6-4-2-1-3-5-6/h6,9-10H,1-5H3;2*1-5H,(H,8,9). The van der Waals surface area contributed by atoms with Crippen LogP contribution in [0.1, 0.15) is 55.3 Å². The van der Waals surface area contributed by atoms with Crippen LogP contribution in [0.3, 0.4) is 0 Å². The topological polar surface area (TPSA) is 115 Å². The molecule has 0 saturated heterocycles. The minimum atomic E-state index is -1.03. The van der Waals surface area contributed by atoms with Crippen LogP contribution in [0.4, 0.5) is 0 Å². The maximum atomic E-state index is 10.2. The molecule has 0 heterocycles. The number of hydrogen-bond acceptors (Lipinski definition) is 4. The first-order valence-corrected chi connectivity index (χ1v) is 8.82. The summed E-state index contributed by atoms with van der Waals surface area (Å²) in [4.78, 5) is 20.4. The predicted molar refractivity (Wildman–Crippen MR) is 109 cm³/mol. The third-order valence-electron chi connectivity index (χ3n) is 4.40. The maximum Gasteiger partial charge on any atom is 0.335 e. The van der Waals surface area contributed by atoms with Gasteiger partial charge in [-0.15, -0.1) is 0 Å². The molecule has 0 aliphatic heterocycles. The third-order valence-corrected chi connectivity index (χ3v) is 4.40. The Morgan fingerprint density at radius 2 is 1.00 bits per heavy atom. The Morgan fingerprint density at radius 1 is 0.714 bits per heavy atom. The summed E-state index contributed by atoms with van der Waals surface area (Å²) < 4.78 is 0. The van der Waals surface area contributed by atoms with Gasteiger partial charge in [-0.05, 0) is 51.0 Å². The van der Waals surface area contributed by atoms with E-state index in [1.165, 1.54) is 0 Å². The zero-order valence-corrected chi connectivity index (χ0v) is 17.0. The summed E-state index contributed by atoms with van der Waals surface area (Å²) in [5, 5.41) is 35.9. The highest BCUT2D eigenvalue weighted by Gasteiger charge is 2.39. The van der Waals surface area contributed by atoms with Crippen molar-refractivity contribution in [1.29, 1.82) is 0 Å². The summed E-state index contributed by atoms with van der Waals surface area (Å²) in [6.07, 6.45) is 0. The molecule has 0 saturated carbocycles. The van der Waals surface area contributed by atoms with Gasteiger partial charge in [-0.25, -0.2) is 9.59 Å². The lowest BCUT2D eigenvalue weighted by Crippen LogP contribution is -2.51. The highest BCUT2D eigenvalue weighted by molar-refractivity contribution is 5.87. The molecule has 1 unspecified atom stereocenters. The van der Waals surface area contributed by atoms with Crippen molar-refractivity contribution >= 4 is 11.9 Å². The van der Waals surface area contributed by atoms with E-state index in [-0.39, 0.29) is 5.92 Å². The molecule has 154 valence electrons. The molecule has 4 N–H and O–H groups in total. The SMILES string of the molecule is CC(C)C(C)(O)C(C)(C)O.O=C(O)c1ccccc1.O=C(O)c1ccccc1. The fourth-order valence-corrected chi connectivity index (χ4v) is 1.87. The van der Waals surface area contributed by atoms with E-state index in [0.717, 1.165) is 0 Å². The molecule has 2 aromatic rings. The number of benzene rings is 2. The quantitative estimate of drug-likeness (QED) is 0.629. The average molecular weight is 390 g/mol. The lowest BCUT2D eigenvalue weighted by Gasteiger charge is -2.38. The van der Waals surface area contributed by atoms with Crippen LogP contribution >= 0.6 is 0 Å². The highest BCUT2D eigenvalue weighted by Crippen LogP contribution is 2.28. The van der Waals surface area contributed by atoms with E-state index in [1.807, 2.05) is 13.8 Å². The molecule has 0 amide bonds. The summed E-state index contributed by atoms with van der Waals surface area (Å²) in [5.41, 5.74) is -1.37. The second-order valence-electron chi connectivity index (χ2n) is 7.20. The van der Waals surface area contributed by atoms with Crippen LogP contribution in [-0.4, -0.2) is 43.6 Å². The first kappa shape index (κ1) is 25.3. The number of carboxylic acids is 2. The molecule has 2 aromatic carbocycles. The molecule has 1 atom stereocenters. The van der Waals surface area contributed by atoms with Crippen LogP contribution < -0.4 is 0 Å². The number of rotatable bonds is 4. The molecule has 2 rings (SSSR count). The molecule has 0 aliphatic rings. The molecular weight excluding hydrogens is 360 g/mol. The minimum absolute atomic E-state index is 0.0625. The van der Waals surface area contributed by atoms with Crippen molar-refractivity contribution in [2.45, 2.75) is 45.8 Å². The molecule has 28 heavy (non-hydrogen) atoms. The predicted octanol–water partition coefficient (Wildman–Crippen LogP) is 3.93. The van der Waals surface area contributed by atoms with Crippen molar-refractivity contribution in [2.75, 3.05) is 0 Å². The molecule has 0 aliphatic carbocycles. The summed E-state index contributed by atoms with van der Waals surface area (Å²) >= 11 is 0. The minimum Gasteiger partial charge on any atom is -0.478 e. The van der Waals surface area contributed by atoms with Crippen molar-refractivity contribution < 1.29 is 30.0 Å². The van der Waals surface area contributed by atoms with Crippen LogP contribution in [0.15, 0.2) is 60.7 Å². The van der Waals surface area contributed by atoms with Gasteiger partial charge in [-0.2, -0.15) is 0 Å². The van der Waals surface area contributed by atoms with E-state index in [9.17, 15) is 19.8 Å². The first-order valence-electron chi connectivity index (χ1n) is 8.82. The molecule has 0 radical (unpaired) electrons. The third kappa shape index (κ3) is 8.79. The van der Waals surface area contributed by atoms with E-state index < -0.39 is 23.1 Å². The molecule has 6 nitrogen and oxygen atoms in total. The molecule has 0 spiro atoms. The summed E-state index contributed by atoms with van der Waals surface area (Å²) in [6.45, 7) is 8.66. The van der Waals surface area contributed by atoms with Gasteiger partial charge in [0.2, 0.25) is 0 Å². The van der Waals surface area contributed by atoms with Crippen molar-refractivity contribution in [2.24, 2.45) is 5.92 Å². The average Bonchev–Trinajstić information content (AvgIpc) is 2.63. The second-order valence-corrected chi connectivity index (χ2v) is 7.20. The van der Waals surface area contributed by atoms with Crippen LogP contribution in [0, 0.1) is 5.92 Å². The number of aliphatic hydroxyl groups is 2. The highest BCUT2D eigenvalue weighted by atomic mass is 16.4. The molecule has 0 aromatic heterocycles. The van der Waals surface area contributed by atoms with Crippen LogP contribution in [-0.2, 0) is 0 Å². The number of aromatic carboxylic acids is 2. The lowest BCUT2D eigenvalue weighted by atomic mass is 9.79. The lowest BCUT2D eigenvalue weighted by molar-refractivity contribution is -0.144. The van der Waals surface area contributed by atoms with E-state index in [0.29, 0.717) is 11.1 Å². The largest absolute Gasteiger partial charge is 0.478 e. The Balaban J connectivity index is 0.000000391. The van der Waals surface area contributed by atoms with Crippen molar-refractivity contribution in [3.8, 4) is 0 Å². The van der Waals surface area contributed by atoms with E-state index in [4.69, 9.17) is 10.2 Å². The number of hydrogen-bond donors (Lipinski definition) is 4. The zero-order valence-electron chi connectivity index (χ0n) is 17.0. The molecule has 0 fully saturated rings. The molecular formula is C22H30O6. The van der Waals surface area contributed by atoms with Gasteiger partial charge in [0.05, 0.1) is 22.3 Å². The number of carbonyl (C=O) groups is 2. The smallest absolute Gasteiger partial charge is 0.335 e.